The molecule has 0 saturated carbocycles. The van der Waals surface area contributed by atoms with Crippen LogP contribution in [0.1, 0.15) is 21.5 Å². The summed E-state index contributed by atoms with van der Waals surface area (Å²) in [6.45, 7) is 3.85. The summed E-state index contributed by atoms with van der Waals surface area (Å²) in [5, 5.41) is 3.51. The zero-order valence-electron chi connectivity index (χ0n) is 13.4. The maximum atomic E-state index is 12.5. The van der Waals surface area contributed by atoms with Crippen molar-refractivity contribution in [3.63, 3.8) is 0 Å². The highest BCUT2D eigenvalue weighted by Gasteiger charge is 2.21. The first-order valence-electron chi connectivity index (χ1n) is 7.44. The van der Waals surface area contributed by atoms with Crippen molar-refractivity contribution < 1.29 is 9.59 Å². The Labute approximate surface area is 134 Å². The fourth-order valence-corrected chi connectivity index (χ4v) is 2.69. The number of carbonyl (C=O) groups excluding carboxylic acids is 2. The van der Waals surface area contributed by atoms with Gasteiger partial charge in [0.15, 0.2) is 0 Å². The molecule has 1 aromatic heterocycles. The van der Waals surface area contributed by atoms with E-state index < -0.39 is 11.7 Å². The van der Waals surface area contributed by atoms with E-state index in [1.807, 2.05) is 67.9 Å². The molecule has 0 aliphatic carbocycles. The molecule has 3 rings (SSSR count). The van der Waals surface area contributed by atoms with Crippen LogP contribution in [0.15, 0.2) is 48.7 Å². The molecule has 0 saturated heterocycles. The molecule has 4 heteroatoms. The molecular weight excluding hydrogens is 288 g/mol. The number of nitrogens with one attached hydrogen (secondary N) is 1. The monoisotopic (exact) mass is 306 g/mol. The first-order chi connectivity index (χ1) is 11.0. The van der Waals surface area contributed by atoms with E-state index in [9.17, 15) is 9.59 Å². The van der Waals surface area contributed by atoms with E-state index in [-0.39, 0.29) is 0 Å². The summed E-state index contributed by atoms with van der Waals surface area (Å²) < 4.78 is 1.85. The number of nitrogens with zero attached hydrogens (tertiary/aromatic N) is 1. The molecule has 1 N–H and O–H groups in total. The summed E-state index contributed by atoms with van der Waals surface area (Å²) in [4.78, 5) is 24.9. The smallest absolute Gasteiger partial charge is 0.296 e. The number of fused-ring (bicyclic) bond motifs is 1. The predicted molar refractivity (Wildman–Crippen MR) is 91.8 cm³/mol. The third-order valence-corrected chi connectivity index (χ3v) is 3.99. The lowest BCUT2D eigenvalue weighted by Gasteiger charge is -2.08. The molecule has 0 aliphatic heterocycles. The fraction of sp³-hybridized carbons (Fsp3) is 0.158. The van der Waals surface area contributed by atoms with Gasteiger partial charge in [-0.25, -0.2) is 0 Å². The Morgan fingerprint density at radius 1 is 1.04 bits per heavy atom. The van der Waals surface area contributed by atoms with Gasteiger partial charge in [0.1, 0.15) is 0 Å². The third kappa shape index (κ3) is 2.75. The van der Waals surface area contributed by atoms with Crippen LogP contribution in [-0.2, 0) is 11.8 Å². The number of rotatable bonds is 3. The number of Topliss-reactive ketones (excluding diaryl/α,β-unsaturated/α-hetero) is 1. The highest BCUT2D eigenvalue weighted by molar-refractivity contribution is 6.48. The average molecular weight is 306 g/mol. The molecule has 4 nitrogen and oxygen atoms in total. The Bertz CT molecular complexity index is 922. The van der Waals surface area contributed by atoms with Gasteiger partial charge in [-0.3, -0.25) is 9.59 Å². The number of hydrogen-bond donors (Lipinski definition) is 1. The minimum atomic E-state index is -0.616. The molecule has 3 aromatic rings. The topological polar surface area (TPSA) is 51.1 Å². The molecule has 1 amide bonds. The van der Waals surface area contributed by atoms with Gasteiger partial charge in [-0.15, -0.1) is 0 Å². The molecule has 0 spiro atoms. The number of hydrogen-bond acceptors (Lipinski definition) is 2. The Morgan fingerprint density at radius 2 is 1.78 bits per heavy atom. The van der Waals surface area contributed by atoms with Gasteiger partial charge in [0.25, 0.3) is 11.7 Å². The number of ketones is 1. The van der Waals surface area contributed by atoms with Crippen molar-refractivity contribution in [2.24, 2.45) is 7.05 Å². The van der Waals surface area contributed by atoms with Crippen LogP contribution in [0.3, 0.4) is 0 Å². The van der Waals surface area contributed by atoms with Crippen LogP contribution in [0.2, 0.25) is 0 Å². The van der Waals surface area contributed by atoms with Crippen LogP contribution >= 0.6 is 0 Å². The predicted octanol–water partition coefficient (Wildman–Crippen LogP) is 3.62. The largest absolute Gasteiger partial charge is 0.350 e. The van der Waals surface area contributed by atoms with Crippen LogP contribution in [0.4, 0.5) is 5.69 Å². The number of amides is 1. The number of carbonyl (C=O) groups is 2. The number of benzene rings is 2. The van der Waals surface area contributed by atoms with Gasteiger partial charge in [-0.1, -0.05) is 30.3 Å². The SMILES string of the molecule is Cc1ccc(C)c(NC(=O)C(=O)c2cn(C)c3ccccc23)c1. The van der Waals surface area contributed by atoms with Crippen LogP contribution in [-0.4, -0.2) is 16.3 Å². The molecule has 0 atom stereocenters. The van der Waals surface area contributed by atoms with Crippen molar-refractivity contribution in [3.05, 3.63) is 65.4 Å². The number of aryl methyl sites for hydroxylation is 3. The van der Waals surface area contributed by atoms with E-state index in [0.29, 0.717) is 11.3 Å². The Balaban J connectivity index is 1.93. The summed E-state index contributed by atoms with van der Waals surface area (Å²) in [5.41, 5.74) is 3.98. The molecule has 0 fully saturated rings. The zero-order chi connectivity index (χ0) is 16.6. The summed E-state index contributed by atoms with van der Waals surface area (Å²) in [5.74, 6) is -1.14. The lowest BCUT2D eigenvalue weighted by Crippen LogP contribution is -2.23. The van der Waals surface area contributed by atoms with Gasteiger partial charge in [0, 0.05) is 29.8 Å². The summed E-state index contributed by atoms with van der Waals surface area (Å²) in [6.07, 6.45) is 1.70. The van der Waals surface area contributed by atoms with Crippen LogP contribution < -0.4 is 5.32 Å². The number of para-hydroxylation sites is 1. The molecule has 116 valence electrons. The standard InChI is InChI=1S/C19H18N2O2/c1-12-8-9-13(2)16(10-12)20-19(23)18(22)15-11-21(3)17-7-5-4-6-14(15)17/h4-11H,1-3H3,(H,20,23). The van der Waals surface area contributed by atoms with Gasteiger partial charge >= 0.3 is 0 Å². The normalized spacial score (nSPS) is 10.7. The first kappa shape index (κ1) is 15.0. The minimum absolute atomic E-state index is 0.422. The highest BCUT2D eigenvalue weighted by Crippen LogP contribution is 2.22. The van der Waals surface area contributed by atoms with Crippen molar-refractivity contribution in [2.45, 2.75) is 13.8 Å². The van der Waals surface area contributed by atoms with Crippen LogP contribution in [0.5, 0.6) is 0 Å². The van der Waals surface area contributed by atoms with Gasteiger partial charge < -0.3 is 9.88 Å². The number of aromatic nitrogens is 1. The van der Waals surface area contributed by atoms with Gasteiger partial charge in [-0.2, -0.15) is 0 Å². The Morgan fingerprint density at radius 3 is 2.57 bits per heavy atom. The fourth-order valence-electron chi connectivity index (χ4n) is 2.69. The lowest BCUT2D eigenvalue weighted by molar-refractivity contribution is -0.112. The Kier molecular flexibility index (Phi) is 3.74. The molecule has 2 aromatic carbocycles. The van der Waals surface area contributed by atoms with Gasteiger partial charge in [0.05, 0.1) is 5.56 Å². The van der Waals surface area contributed by atoms with Crippen molar-refractivity contribution in [3.8, 4) is 0 Å². The second-order valence-electron chi connectivity index (χ2n) is 5.77. The molecule has 23 heavy (non-hydrogen) atoms. The first-order valence-corrected chi connectivity index (χ1v) is 7.44. The van der Waals surface area contributed by atoms with E-state index in [4.69, 9.17) is 0 Å². The summed E-state index contributed by atoms with van der Waals surface area (Å²) in [7, 11) is 1.86. The zero-order valence-corrected chi connectivity index (χ0v) is 13.4. The van der Waals surface area contributed by atoms with Crippen molar-refractivity contribution in [2.75, 3.05) is 5.32 Å². The van der Waals surface area contributed by atoms with Crippen molar-refractivity contribution in [1.82, 2.24) is 4.57 Å². The maximum Gasteiger partial charge on any atom is 0.296 e. The van der Waals surface area contributed by atoms with Gasteiger partial charge in [0.2, 0.25) is 0 Å². The third-order valence-electron chi connectivity index (χ3n) is 3.99. The van der Waals surface area contributed by atoms with Gasteiger partial charge in [-0.05, 0) is 37.1 Å². The van der Waals surface area contributed by atoms with Crippen molar-refractivity contribution >= 4 is 28.3 Å². The molecule has 1 heterocycles. The maximum absolute atomic E-state index is 12.5. The quantitative estimate of drug-likeness (QED) is 0.593. The molecule has 0 aliphatic rings. The van der Waals surface area contributed by atoms with E-state index in [0.717, 1.165) is 22.0 Å². The average Bonchev–Trinajstić information content (AvgIpc) is 2.87. The molecule has 0 unspecified atom stereocenters. The van der Waals surface area contributed by atoms with E-state index in [1.165, 1.54) is 0 Å². The second kappa shape index (κ2) is 5.72. The lowest BCUT2D eigenvalue weighted by atomic mass is 10.1. The van der Waals surface area contributed by atoms with E-state index >= 15 is 0 Å². The molecule has 0 radical (unpaired) electrons. The van der Waals surface area contributed by atoms with Crippen LogP contribution in [0.25, 0.3) is 10.9 Å². The molecule has 0 bridgehead atoms. The van der Waals surface area contributed by atoms with Crippen LogP contribution in [0, 0.1) is 13.8 Å². The summed E-state index contributed by atoms with van der Waals surface area (Å²) >= 11 is 0. The minimum Gasteiger partial charge on any atom is -0.350 e. The summed E-state index contributed by atoms with van der Waals surface area (Å²) in [6, 6.07) is 13.3. The highest BCUT2D eigenvalue weighted by atomic mass is 16.2. The molecular formula is C19H18N2O2. The number of anilines is 1. The van der Waals surface area contributed by atoms with Crippen molar-refractivity contribution in [1.29, 1.82) is 0 Å². The van der Waals surface area contributed by atoms with E-state index in [1.54, 1.807) is 6.20 Å². The van der Waals surface area contributed by atoms with E-state index in [2.05, 4.69) is 5.32 Å². The Hall–Kier alpha value is -2.88. The second-order valence-corrected chi connectivity index (χ2v) is 5.77.